The summed E-state index contributed by atoms with van der Waals surface area (Å²) in [6.07, 6.45) is 0. The SMILES string of the molecule is CC(C)c1cc(F)cc(C#N)c1F. The van der Waals surface area contributed by atoms with Crippen LogP contribution in [0.1, 0.15) is 30.9 Å². The number of benzene rings is 1. The fourth-order valence-corrected chi connectivity index (χ4v) is 1.11. The van der Waals surface area contributed by atoms with Gasteiger partial charge in [-0.2, -0.15) is 5.26 Å². The van der Waals surface area contributed by atoms with Gasteiger partial charge in [-0.15, -0.1) is 0 Å². The van der Waals surface area contributed by atoms with E-state index in [-0.39, 0.29) is 17.0 Å². The summed E-state index contributed by atoms with van der Waals surface area (Å²) in [6, 6.07) is 3.65. The Morgan fingerprint density at radius 1 is 1.31 bits per heavy atom. The van der Waals surface area contributed by atoms with Crippen LogP contribution in [0.15, 0.2) is 12.1 Å². The number of hydrogen-bond donors (Lipinski definition) is 0. The van der Waals surface area contributed by atoms with Gasteiger partial charge >= 0.3 is 0 Å². The normalized spacial score (nSPS) is 10.2. The number of halogens is 2. The van der Waals surface area contributed by atoms with Gasteiger partial charge in [0, 0.05) is 0 Å². The Bertz CT molecular complexity index is 364. The van der Waals surface area contributed by atoms with Gasteiger partial charge in [0.2, 0.25) is 0 Å². The minimum Gasteiger partial charge on any atom is -0.207 e. The van der Waals surface area contributed by atoms with Crippen molar-refractivity contribution in [2.24, 2.45) is 0 Å². The minimum absolute atomic E-state index is 0.122. The fraction of sp³-hybridized carbons (Fsp3) is 0.300. The first kappa shape index (κ1) is 9.66. The van der Waals surface area contributed by atoms with Crippen molar-refractivity contribution < 1.29 is 8.78 Å². The summed E-state index contributed by atoms with van der Waals surface area (Å²) >= 11 is 0. The molecule has 1 rings (SSSR count). The van der Waals surface area contributed by atoms with E-state index >= 15 is 0 Å². The summed E-state index contributed by atoms with van der Waals surface area (Å²) in [5.74, 6) is -1.30. The molecule has 0 aliphatic rings. The fourth-order valence-electron chi connectivity index (χ4n) is 1.11. The van der Waals surface area contributed by atoms with Crippen molar-refractivity contribution in [3.8, 4) is 6.07 Å². The second kappa shape index (κ2) is 3.53. The molecule has 1 aromatic carbocycles. The zero-order valence-corrected chi connectivity index (χ0v) is 7.44. The van der Waals surface area contributed by atoms with Crippen molar-refractivity contribution in [2.75, 3.05) is 0 Å². The molecule has 0 bridgehead atoms. The van der Waals surface area contributed by atoms with Crippen LogP contribution >= 0.6 is 0 Å². The van der Waals surface area contributed by atoms with Crippen LogP contribution < -0.4 is 0 Å². The third-order valence-corrected chi connectivity index (χ3v) is 1.81. The van der Waals surface area contributed by atoms with E-state index in [2.05, 4.69) is 0 Å². The summed E-state index contributed by atoms with van der Waals surface area (Å²) in [4.78, 5) is 0. The lowest BCUT2D eigenvalue weighted by Crippen LogP contribution is -1.97. The van der Waals surface area contributed by atoms with Crippen LogP contribution in [0.4, 0.5) is 8.78 Å². The largest absolute Gasteiger partial charge is 0.207 e. The van der Waals surface area contributed by atoms with Crippen LogP contribution in [0.25, 0.3) is 0 Å². The highest BCUT2D eigenvalue weighted by Crippen LogP contribution is 2.22. The lowest BCUT2D eigenvalue weighted by atomic mass is 10.00. The molecule has 3 heteroatoms. The van der Waals surface area contributed by atoms with Crippen molar-refractivity contribution in [2.45, 2.75) is 19.8 Å². The molecule has 0 spiro atoms. The van der Waals surface area contributed by atoms with Gasteiger partial charge in [-0.3, -0.25) is 0 Å². The predicted molar refractivity (Wildman–Crippen MR) is 45.2 cm³/mol. The minimum atomic E-state index is -0.612. The highest BCUT2D eigenvalue weighted by molar-refractivity contribution is 5.36. The Morgan fingerprint density at radius 3 is 2.38 bits per heavy atom. The second-order valence-corrected chi connectivity index (χ2v) is 3.12. The molecule has 0 heterocycles. The smallest absolute Gasteiger partial charge is 0.144 e. The zero-order valence-electron chi connectivity index (χ0n) is 7.44. The van der Waals surface area contributed by atoms with Crippen molar-refractivity contribution in [3.05, 3.63) is 34.9 Å². The first-order valence-corrected chi connectivity index (χ1v) is 3.95. The first-order valence-electron chi connectivity index (χ1n) is 3.95. The molecule has 1 aromatic rings. The second-order valence-electron chi connectivity index (χ2n) is 3.12. The summed E-state index contributed by atoms with van der Waals surface area (Å²) in [7, 11) is 0. The number of nitrogens with zero attached hydrogens (tertiary/aromatic N) is 1. The van der Waals surface area contributed by atoms with Crippen LogP contribution in [-0.4, -0.2) is 0 Å². The lowest BCUT2D eigenvalue weighted by molar-refractivity contribution is 0.572. The molecule has 0 saturated heterocycles. The van der Waals surface area contributed by atoms with Gasteiger partial charge in [-0.1, -0.05) is 13.8 Å². The molecule has 0 atom stereocenters. The van der Waals surface area contributed by atoms with Crippen LogP contribution in [-0.2, 0) is 0 Å². The molecule has 0 aliphatic carbocycles. The summed E-state index contributed by atoms with van der Waals surface area (Å²) in [5, 5.41) is 8.49. The van der Waals surface area contributed by atoms with Gasteiger partial charge in [0.05, 0.1) is 5.56 Å². The van der Waals surface area contributed by atoms with E-state index in [1.54, 1.807) is 19.9 Å². The highest BCUT2D eigenvalue weighted by atomic mass is 19.1. The Labute approximate surface area is 75.6 Å². The Balaban J connectivity index is 3.38. The summed E-state index contributed by atoms with van der Waals surface area (Å²) in [6.45, 7) is 3.50. The van der Waals surface area contributed by atoms with E-state index < -0.39 is 11.6 Å². The standard InChI is InChI=1S/C10H9F2N/c1-6(2)9-4-8(11)3-7(5-13)10(9)12/h3-4,6H,1-2H3. The molecule has 0 unspecified atom stereocenters. The first-order chi connectivity index (χ1) is 6.06. The Kier molecular flexibility index (Phi) is 2.62. The van der Waals surface area contributed by atoms with E-state index in [1.807, 2.05) is 0 Å². The van der Waals surface area contributed by atoms with Gasteiger partial charge in [0.15, 0.2) is 0 Å². The molecule has 0 aromatic heterocycles. The summed E-state index contributed by atoms with van der Waals surface area (Å²) < 4.78 is 26.2. The van der Waals surface area contributed by atoms with Crippen LogP contribution in [0.5, 0.6) is 0 Å². The molecule has 0 N–H and O–H groups in total. The average molecular weight is 181 g/mol. The Morgan fingerprint density at radius 2 is 1.92 bits per heavy atom. The molecule has 0 saturated carbocycles. The zero-order chi connectivity index (χ0) is 10.0. The number of nitriles is 1. The van der Waals surface area contributed by atoms with Crippen molar-refractivity contribution in [1.82, 2.24) is 0 Å². The van der Waals surface area contributed by atoms with Crippen LogP contribution in [0.2, 0.25) is 0 Å². The number of rotatable bonds is 1. The number of hydrogen-bond acceptors (Lipinski definition) is 1. The van der Waals surface area contributed by atoms with Crippen LogP contribution in [0, 0.1) is 23.0 Å². The molecule has 1 nitrogen and oxygen atoms in total. The van der Waals surface area contributed by atoms with Crippen molar-refractivity contribution in [3.63, 3.8) is 0 Å². The molecule has 0 aliphatic heterocycles. The average Bonchev–Trinajstić information content (AvgIpc) is 2.08. The van der Waals surface area contributed by atoms with Crippen molar-refractivity contribution >= 4 is 0 Å². The molecule has 13 heavy (non-hydrogen) atoms. The Hall–Kier alpha value is -1.43. The quantitative estimate of drug-likeness (QED) is 0.653. The van der Waals surface area contributed by atoms with E-state index in [9.17, 15) is 8.78 Å². The lowest BCUT2D eigenvalue weighted by Gasteiger charge is -2.07. The van der Waals surface area contributed by atoms with E-state index in [0.29, 0.717) is 0 Å². The highest BCUT2D eigenvalue weighted by Gasteiger charge is 2.12. The van der Waals surface area contributed by atoms with E-state index in [4.69, 9.17) is 5.26 Å². The summed E-state index contributed by atoms with van der Waals surface area (Å²) in [5.41, 5.74) is 0.0141. The third kappa shape index (κ3) is 1.83. The maximum atomic E-state index is 13.3. The third-order valence-electron chi connectivity index (χ3n) is 1.81. The van der Waals surface area contributed by atoms with Crippen molar-refractivity contribution in [1.29, 1.82) is 5.26 Å². The maximum Gasteiger partial charge on any atom is 0.144 e. The van der Waals surface area contributed by atoms with Crippen LogP contribution in [0.3, 0.4) is 0 Å². The van der Waals surface area contributed by atoms with Gasteiger partial charge in [0.1, 0.15) is 17.7 Å². The monoisotopic (exact) mass is 181 g/mol. The maximum absolute atomic E-state index is 13.3. The topological polar surface area (TPSA) is 23.8 Å². The van der Waals surface area contributed by atoms with Gasteiger partial charge < -0.3 is 0 Å². The molecule has 0 fully saturated rings. The van der Waals surface area contributed by atoms with E-state index in [0.717, 1.165) is 12.1 Å². The van der Waals surface area contributed by atoms with E-state index in [1.165, 1.54) is 0 Å². The van der Waals surface area contributed by atoms with Gasteiger partial charge in [-0.25, -0.2) is 8.78 Å². The molecule has 0 radical (unpaired) electrons. The molecular weight excluding hydrogens is 172 g/mol. The molecular formula is C10H9F2N. The molecule has 68 valence electrons. The molecule has 0 amide bonds. The van der Waals surface area contributed by atoms with Gasteiger partial charge in [-0.05, 0) is 23.6 Å². The van der Waals surface area contributed by atoms with Gasteiger partial charge in [0.25, 0.3) is 0 Å². The predicted octanol–water partition coefficient (Wildman–Crippen LogP) is 2.96.